The molecule has 2 N–H and O–H groups in total. The maximum absolute atomic E-state index is 6.28. The number of halogens is 3. The van der Waals surface area contributed by atoms with E-state index in [9.17, 15) is 0 Å². The van der Waals surface area contributed by atoms with Gasteiger partial charge in [-0.15, -0.1) is 0 Å². The molecular weight excluding hydrogens is 317 g/mol. The maximum atomic E-state index is 6.28. The number of benzene rings is 1. The Balaban J connectivity index is 2.25. The lowest BCUT2D eigenvalue weighted by Gasteiger charge is -2.17. The third-order valence-electron chi connectivity index (χ3n) is 3.07. The second-order valence-corrected chi connectivity index (χ2v) is 6.20. The van der Waals surface area contributed by atoms with Gasteiger partial charge in [-0.3, -0.25) is 4.68 Å². The molecule has 1 atom stereocenters. The van der Waals surface area contributed by atoms with Gasteiger partial charge in [0.1, 0.15) is 0 Å². The zero-order valence-electron chi connectivity index (χ0n) is 11.3. The van der Waals surface area contributed by atoms with Crippen LogP contribution in [0.4, 0.5) is 0 Å². The molecule has 0 amide bonds. The summed E-state index contributed by atoms with van der Waals surface area (Å²) in [7, 11) is 0. The molecule has 20 heavy (non-hydrogen) atoms. The first-order valence-electron chi connectivity index (χ1n) is 6.32. The van der Waals surface area contributed by atoms with Crippen molar-refractivity contribution in [2.75, 3.05) is 0 Å². The van der Waals surface area contributed by atoms with Crippen molar-refractivity contribution < 1.29 is 0 Å². The Kier molecular flexibility index (Phi) is 4.97. The van der Waals surface area contributed by atoms with E-state index in [1.807, 2.05) is 30.7 Å². The molecule has 1 aromatic heterocycles. The predicted octanol–water partition coefficient (Wildman–Crippen LogP) is 4.67. The number of hydrogen-bond acceptors (Lipinski definition) is 2. The van der Waals surface area contributed by atoms with Crippen LogP contribution < -0.4 is 5.73 Å². The highest BCUT2D eigenvalue weighted by atomic mass is 35.5. The van der Waals surface area contributed by atoms with Gasteiger partial charge in [-0.25, -0.2) is 0 Å². The Morgan fingerprint density at radius 2 is 1.85 bits per heavy atom. The summed E-state index contributed by atoms with van der Waals surface area (Å²) >= 11 is 18.1. The molecule has 0 aliphatic heterocycles. The van der Waals surface area contributed by atoms with Crippen molar-refractivity contribution in [3.8, 4) is 0 Å². The Bertz CT molecular complexity index is 608. The second-order valence-electron chi connectivity index (χ2n) is 4.98. The molecule has 0 spiro atoms. The molecular formula is C14H16Cl3N3. The van der Waals surface area contributed by atoms with E-state index in [2.05, 4.69) is 5.10 Å². The van der Waals surface area contributed by atoms with Gasteiger partial charge in [0.15, 0.2) is 0 Å². The third kappa shape index (κ3) is 3.29. The van der Waals surface area contributed by atoms with Crippen LogP contribution in [0.5, 0.6) is 0 Å². The molecule has 0 saturated carbocycles. The summed E-state index contributed by atoms with van der Waals surface area (Å²) in [5.74, 6) is 0. The molecule has 0 fully saturated rings. The first kappa shape index (κ1) is 15.6. The van der Waals surface area contributed by atoms with Crippen LogP contribution in [0.25, 0.3) is 0 Å². The zero-order valence-corrected chi connectivity index (χ0v) is 13.5. The fraction of sp³-hybridized carbons (Fsp3) is 0.357. The second kappa shape index (κ2) is 6.35. The van der Waals surface area contributed by atoms with Gasteiger partial charge in [-0.05, 0) is 38.0 Å². The summed E-state index contributed by atoms with van der Waals surface area (Å²) in [5.41, 5.74) is 8.13. The predicted molar refractivity (Wildman–Crippen MR) is 84.7 cm³/mol. The van der Waals surface area contributed by atoms with Crippen molar-refractivity contribution in [2.45, 2.75) is 32.4 Å². The molecule has 0 radical (unpaired) electrons. The molecule has 1 aromatic carbocycles. The fourth-order valence-corrected chi connectivity index (χ4v) is 2.72. The largest absolute Gasteiger partial charge is 0.322 e. The molecule has 108 valence electrons. The lowest BCUT2D eigenvalue weighted by atomic mass is 10.0. The third-order valence-corrected chi connectivity index (χ3v) is 4.10. The quantitative estimate of drug-likeness (QED) is 0.884. The van der Waals surface area contributed by atoms with E-state index in [-0.39, 0.29) is 12.1 Å². The molecule has 0 saturated heterocycles. The molecule has 0 bridgehead atoms. The normalized spacial score (nSPS) is 12.9. The van der Waals surface area contributed by atoms with E-state index >= 15 is 0 Å². The standard InChI is InChI=1S/C14H16Cl3N3/c1-8(2)20-14(12(17)7-19-20)13(18)6-9-3-4-10(15)11(16)5-9/h3-5,7-8,13H,6,18H2,1-2H3. The number of nitrogens with two attached hydrogens (primary N) is 1. The van der Waals surface area contributed by atoms with E-state index < -0.39 is 0 Å². The summed E-state index contributed by atoms with van der Waals surface area (Å²) in [4.78, 5) is 0. The monoisotopic (exact) mass is 331 g/mol. The Morgan fingerprint density at radius 3 is 2.45 bits per heavy atom. The summed E-state index contributed by atoms with van der Waals surface area (Å²) in [6.07, 6.45) is 2.25. The molecule has 6 heteroatoms. The lowest BCUT2D eigenvalue weighted by molar-refractivity contribution is 0.485. The summed E-state index contributed by atoms with van der Waals surface area (Å²) in [6.45, 7) is 4.08. The van der Waals surface area contributed by atoms with Crippen LogP contribution in [0.3, 0.4) is 0 Å². The Hall–Kier alpha value is -0.740. The number of aromatic nitrogens is 2. The minimum Gasteiger partial charge on any atom is -0.322 e. The van der Waals surface area contributed by atoms with Crippen molar-refractivity contribution in [3.05, 3.63) is 50.7 Å². The van der Waals surface area contributed by atoms with Gasteiger partial charge in [0.2, 0.25) is 0 Å². The van der Waals surface area contributed by atoms with Gasteiger partial charge >= 0.3 is 0 Å². The number of hydrogen-bond donors (Lipinski definition) is 1. The van der Waals surface area contributed by atoms with E-state index in [1.54, 1.807) is 12.3 Å². The summed E-state index contributed by atoms with van der Waals surface area (Å²) in [6, 6.07) is 5.47. The van der Waals surface area contributed by atoms with E-state index in [0.717, 1.165) is 11.3 Å². The van der Waals surface area contributed by atoms with Crippen molar-refractivity contribution in [2.24, 2.45) is 5.73 Å². The van der Waals surface area contributed by atoms with Crippen molar-refractivity contribution in [1.82, 2.24) is 9.78 Å². The average molecular weight is 333 g/mol. The fourth-order valence-electron chi connectivity index (χ4n) is 2.13. The highest BCUT2D eigenvalue weighted by molar-refractivity contribution is 6.42. The van der Waals surface area contributed by atoms with Crippen LogP contribution in [-0.2, 0) is 6.42 Å². The Labute approximate surface area is 133 Å². The lowest BCUT2D eigenvalue weighted by Crippen LogP contribution is -2.20. The van der Waals surface area contributed by atoms with E-state index in [0.29, 0.717) is 21.5 Å². The molecule has 1 heterocycles. The van der Waals surface area contributed by atoms with Crippen LogP contribution in [0.1, 0.15) is 37.2 Å². The number of nitrogens with zero attached hydrogens (tertiary/aromatic N) is 2. The molecule has 2 rings (SSSR count). The van der Waals surface area contributed by atoms with Crippen LogP contribution in [0, 0.1) is 0 Å². The Morgan fingerprint density at radius 1 is 1.15 bits per heavy atom. The van der Waals surface area contributed by atoms with Crippen molar-refractivity contribution in [3.63, 3.8) is 0 Å². The van der Waals surface area contributed by atoms with Gasteiger partial charge in [-0.2, -0.15) is 5.10 Å². The first-order chi connectivity index (χ1) is 9.40. The topological polar surface area (TPSA) is 43.8 Å². The van der Waals surface area contributed by atoms with Gasteiger partial charge in [0, 0.05) is 6.04 Å². The molecule has 0 aliphatic carbocycles. The van der Waals surface area contributed by atoms with Crippen LogP contribution in [0.2, 0.25) is 15.1 Å². The zero-order chi connectivity index (χ0) is 14.9. The minimum absolute atomic E-state index is 0.206. The van der Waals surface area contributed by atoms with Gasteiger partial charge in [-0.1, -0.05) is 40.9 Å². The van der Waals surface area contributed by atoms with Gasteiger partial charge < -0.3 is 5.73 Å². The highest BCUT2D eigenvalue weighted by Crippen LogP contribution is 2.28. The summed E-state index contributed by atoms with van der Waals surface area (Å²) < 4.78 is 1.85. The van der Waals surface area contributed by atoms with Crippen LogP contribution >= 0.6 is 34.8 Å². The smallest absolute Gasteiger partial charge is 0.0834 e. The van der Waals surface area contributed by atoms with Crippen molar-refractivity contribution in [1.29, 1.82) is 0 Å². The highest BCUT2D eigenvalue weighted by Gasteiger charge is 2.19. The molecule has 3 nitrogen and oxygen atoms in total. The summed E-state index contributed by atoms with van der Waals surface area (Å²) in [5, 5.41) is 5.92. The van der Waals surface area contributed by atoms with Crippen LogP contribution in [0.15, 0.2) is 24.4 Å². The van der Waals surface area contributed by atoms with E-state index in [4.69, 9.17) is 40.5 Å². The molecule has 2 aromatic rings. The first-order valence-corrected chi connectivity index (χ1v) is 7.46. The van der Waals surface area contributed by atoms with Crippen molar-refractivity contribution >= 4 is 34.8 Å². The maximum Gasteiger partial charge on any atom is 0.0834 e. The van der Waals surface area contributed by atoms with Gasteiger partial charge in [0.05, 0.1) is 33.0 Å². The molecule has 0 aliphatic rings. The van der Waals surface area contributed by atoms with Gasteiger partial charge in [0.25, 0.3) is 0 Å². The number of rotatable bonds is 4. The van der Waals surface area contributed by atoms with Crippen LogP contribution in [-0.4, -0.2) is 9.78 Å². The average Bonchev–Trinajstić information content (AvgIpc) is 2.76. The molecule has 1 unspecified atom stereocenters. The van der Waals surface area contributed by atoms with E-state index in [1.165, 1.54) is 0 Å². The minimum atomic E-state index is -0.246. The SMILES string of the molecule is CC(C)n1ncc(Cl)c1C(N)Cc1ccc(Cl)c(Cl)c1.